The van der Waals surface area contributed by atoms with Crippen molar-refractivity contribution in [3.05, 3.63) is 0 Å². The van der Waals surface area contributed by atoms with E-state index in [0.717, 1.165) is 0 Å². The maximum Gasteiger partial charge on any atom is 0.438 e. The normalized spacial score (nSPS) is 13.3. The van der Waals surface area contributed by atoms with E-state index in [1.165, 1.54) is 12.8 Å². The lowest BCUT2D eigenvalue weighted by Crippen LogP contribution is -2.63. The molecule has 0 radical (unpaired) electrons. The number of hydrogen-bond donors (Lipinski definition) is 0. The molecule has 5 nitrogen and oxygen atoms in total. The minimum absolute atomic E-state index is 0.0833. The topological polar surface area (TPSA) is 83.5 Å². The standard InChI is InChI=1S/C9H8F6O5S/c1-2-3-4-6(16)20-7(8(10,11)12,9(13,14)15)5-21(17,18)19/h2,5H2,1H3,(H,17,18,19)/p-1. The molecule has 122 valence electrons. The highest BCUT2D eigenvalue weighted by Crippen LogP contribution is 2.46. The van der Waals surface area contributed by atoms with E-state index in [2.05, 4.69) is 4.74 Å². The molecular formula is C9H7F6O5S-. The number of halogens is 6. The fourth-order valence-electron chi connectivity index (χ4n) is 1.06. The number of carbonyl (C=O) groups excluding carboxylic acids is 1. The Kier molecular flexibility index (Phi) is 5.67. The molecule has 12 heteroatoms. The quantitative estimate of drug-likeness (QED) is 0.254. The van der Waals surface area contributed by atoms with Crippen molar-refractivity contribution in [3.63, 3.8) is 0 Å². The van der Waals surface area contributed by atoms with E-state index in [-0.39, 0.29) is 6.42 Å². The number of ether oxygens (including phenoxy) is 1. The molecule has 0 saturated carbocycles. The first kappa shape index (κ1) is 19.5. The van der Waals surface area contributed by atoms with Gasteiger partial charge in [-0.3, -0.25) is 0 Å². The zero-order valence-corrected chi connectivity index (χ0v) is 10.9. The van der Waals surface area contributed by atoms with Gasteiger partial charge in [-0.15, -0.1) is 0 Å². The van der Waals surface area contributed by atoms with E-state index < -0.39 is 39.8 Å². The van der Waals surface area contributed by atoms with E-state index in [0.29, 0.717) is 0 Å². The van der Waals surface area contributed by atoms with Gasteiger partial charge in [-0.05, 0) is 0 Å². The summed E-state index contributed by atoms with van der Waals surface area (Å²) in [6, 6.07) is 0. The van der Waals surface area contributed by atoms with Crippen LogP contribution in [0, 0.1) is 11.8 Å². The summed E-state index contributed by atoms with van der Waals surface area (Å²) < 4.78 is 110. The average Bonchev–Trinajstić information content (AvgIpc) is 2.20. The van der Waals surface area contributed by atoms with Gasteiger partial charge in [0.2, 0.25) is 0 Å². The van der Waals surface area contributed by atoms with Crippen LogP contribution < -0.4 is 0 Å². The Hall–Kier alpha value is -1.48. The molecule has 21 heavy (non-hydrogen) atoms. The molecule has 0 bridgehead atoms. The molecule has 0 aliphatic rings. The Bertz CT molecular complexity index is 536. The van der Waals surface area contributed by atoms with Gasteiger partial charge in [-0.25, -0.2) is 13.2 Å². The van der Waals surface area contributed by atoms with Gasteiger partial charge >= 0.3 is 23.9 Å². The van der Waals surface area contributed by atoms with Crippen molar-refractivity contribution in [2.75, 3.05) is 5.75 Å². The zero-order valence-electron chi connectivity index (χ0n) is 10.1. The molecule has 0 heterocycles. The fourth-order valence-corrected chi connectivity index (χ4v) is 1.95. The van der Waals surface area contributed by atoms with Crippen LogP contribution in [0.5, 0.6) is 0 Å². The summed E-state index contributed by atoms with van der Waals surface area (Å²) in [7, 11) is -6.03. The molecule has 0 aromatic heterocycles. The molecule has 0 unspecified atom stereocenters. The van der Waals surface area contributed by atoms with Crippen molar-refractivity contribution < 1.29 is 48.8 Å². The van der Waals surface area contributed by atoms with Gasteiger partial charge in [0.15, 0.2) is 0 Å². The second-order valence-electron chi connectivity index (χ2n) is 3.57. The summed E-state index contributed by atoms with van der Waals surface area (Å²) in [5.74, 6) is -2.13. The van der Waals surface area contributed by atoms with Crippen LogP contribution in [0.15, 0.2) is 0 Å². The van der Waals surface area contributed by atoms with Crippen molar-refractivity contribution >= 4 is 16.1 Å². The van der Waals surface area contributed by atoms with Gasteiger partial charge in [0.1, 0.15) is 0 Å². The lowest BCUT2D eigenvalue weighted by molar-refractivity contribution is -0.360. The van der Waals surface area contributed by atoms with Gasteiger partial charge in [0.25, 0.3) is 0 Å². The summed E-state index contributed by atoms with van der Waals surface area (Å²) in [5, 5.41) is 0. The number of carbonyl (C=O) groups is 1. The molecule has 0 saturated heterocycles. The molecule has 0 amide bonds. The Balaban J connectivity index is 6.01. The third-order valence-corrected chi connectivity index (χ3v) is 2.69. The molecule has 0 rings (SSSR count). The molecule has 0 spiro atoms. The van der Waals surface area contributed by atoms with Crippen LogP contribution in [0.1, 0.15) is 13.3 Å². The van der Waals surface area contributed by atoms with E-state index in [1.54, 1.807) is 0 Å². The van der Waals surface area contributed by atoms with E-state index in [4.69, 9.17) is 0 Å². The van der Waals surface area contributed by atoms with Crippen LogP contribution in [0.4, 0.5) is 26.3 Å². The number of rotatable bonds is 3. The number of hydrogen-bond acceptors (Lipinski definition) is 5. The second kappa shape index (κ2) is 6.10. The lowest BCUT2D eigenvalue weighted by atomic mass is 10.1. The van der Waals surface area contributed by atoms with Gasteiger partial charge in [0, 0.05) is 12.3 Å². The van der Waals surface area contributed by atoms with Crippen LogP contribution in [0.3, 0.4) is 0 Å². The molecule has 0 N–H and O–H groups in total. The SMILES string of the molecule is CCC#CC(=O)OC(CS(=O)(=O)[O-])(C(F)(F)F)C(F)(F)F. The summed E-state index contributed by atoms with van der Waals surface area (Å²) in [6.45, 7) is 1.34. The molecule has 0 aliphatic heterocycles. The minimum Gasteiger partial charge on any atom is -0.748 e. The predicted molar refractivity (Wildman–Crippen MR) is 53.6 cm³/mol. The van der Waals surface area contributed by atoms with E-state index in [1.807, 2.05) is 5.92 Å². The van der Waals surface area contributed by atoms with Gasteiger partial charge < -0.3 is 9.29 Å². The third kappa shape index (κ3) is 5.09. The number of esters is 1. The van der Waals surface area contributed by atoms with Crippen LogP contribution in [-0.4, -0.2) is 42.6 Å². The Labute approximate surface area is 115 Å². The monoisotopic (exact) mass is 341 g/mol. The average molecular weight is 341 g/mol. The van der Waals surface area contributed by atoms with Gasteiger partial charge in [-0.2, -0.15) is 26.3 Å². The smallest absolute Gasteiger partial charge is 0.438 e. The maximum atomic E-state index is 12.6. The first-order valence-corrected chi connectivity index (χ1v) is 6.53. The molecule has 0 aliphatic carbocycles. The van der Waals surface area contributed by atoms with Crippen LogP contribution >= 0.6 is 0 Å². The van der Waals surface area contributed by atoms with Crippen molar-refractivity contribution in [2.45, 2.75) is 31.3 Å². The van der Waals surface area contributed by atoms with Crippen LogP contribution in [0.25, 0.3) is 0 Å². The molecular weight excluding hydrogens is 334 g/mol. The fraction of sp³-hybridized carbons (Fsp3) is 0.667. The maximum absolute atomic E-state index is 12.6. The molecule has 0 aromatic carbocycles. The van der Waals surface area contributed by atoms with Crippen molar-refractivity contribution in [1.82, 2.24) is 0 Å². The zero-order chi connectivity index (χ0) is 17.1. The van der Waals surface area contributed by atoms with E-state index in [9.17, 15) is 44.1 Å². The Morgan fingerprint density at radius 3 is 1.86 bits per heavy atom. The highest BCUT2D eigenvalue weighted by atomic mass is 32.2. The molecule has 0 atom stereocenters. The first-order chi connectivity index (χ1) is 9.16. The van der Waals surface area contributed by atoms with E-state index >= 15 is 0 Å². The van der Waals surface area contributed by atoms with Crippen molar-refractivity contribution in [1.29, 1.82) is 0 Å². The Morgan fingerprint density at radius 1 is 1.14 bits per heavy atom. The van der Waals surface area contributed by atoms with Crippen LogP contribution in [0.2, 0.25) is 0 Å². The molecule has 0 aromatic rings. The first-order valence-electron chi connectivity index (χ1n) is 4.95. The second-order valence-corrected chi connectivity index (χ2v) is 4.97. The summed E-state index contributed by atoms with van der Waals surface area (Å²) in [6.07, 6.45) is -12.8. The third-order valence-electron chi connectivity index (χ3n) is 1.93. The largest absolute Gasteiger partial charge is 0.748 e. The predicted octanol–water partition coefficient (Wildman–Crippen LogP) is 1.35. The number of alkyl halides is 6. The Morgan fingerprint density at radius 2 is 1.57 bits per heavy atom. The van der Waals surface area contributed by atoms with Gasteiger partial charge in [-0.1, -0.05) is 12.8 Å². The highest BCUT2D eigenvalue weighted by molar-refractivity contribution is 7.85. The highest BCUT2D eigenvalue weighted by Gasteiger charge is 2.75. The van der Waals surface area contributed by atoms with Crippen LogP contribution in [-0.2, 0) is 19.6 Å². The lowest BCUT2D eigenvalue weighted by Gasteiger charge is -2.36. The molecule has 0 fully saturated rings. The van der Waals surface area contributed by atoms with Crippen molar-refractivity contribution in [3.8, 4) is 11.8 Å². The summed E-state index contributed by atoms with van der Waals surface area (Å²) in [4.78, 5) is 10.9. The summed E-state index contributed by atoms with van der Waals surface area (Å²) in [5.41, 5.74) is -5.47. The van der Waals surface area contributed by atoms with Gasteiger partial charge in [0.05, 0.1) is 15.9 Å². The minimum atomic E-state index is -6.38. The summed E-state index contributed by atoms with van der Waals surface area (Å²) >= 11 is 0. The van der Waals surface area contributed by atoms with Crippen molar-refractivity contribution in [2.24, 2.45) is 0 Å².